The highest BCUT2D eigenvalue weighted by atomic mass is 19.3. The molecule has 60 valence electrons. The van der Waals surface area contributed by atoms with Crippen LogP contribution in [-0.4, -0.2) is 0 Å². The van der Waals surface area contributed by atoms with Crippen LogP contribution in [0, 0.1) is 5.41 Å². The van der Waals surface area contributed by atoms with Gasteiger partial charge < -0.3 is 0 Å². The summed E-state index contributed by atoms with van der Waals surface area (Å²) >= 11 is 0. The van der Waals surface area contributed by atoms with Crippen LogP contribution in [0.4, 0.5) is 13.2 Å². The van der Waals surface area contributed by atoms with Crippen LogP contribution < -0.4 is 0 Å². The molecule has 0 spiro atoms. The summed E-state index contributed by atoms with van der Waals surface area (Å²) in [4.78, 5) is 0. The molecule has 0 aliphatic heterocycles. The topological polar surface area (TPSA) is 0 Å². The van der Waals surface area contributed by atoms with Crippen LogP contribution in [-0.2, 0) is 0 Å². The summed E-state index contributed by atoms with van der Waals surface area (Å²) in [6.45, 7) is 5.11. The van der Waals surface area contributed by atoms with Crippen molar-refractivity contribution in [2.24, 2.45) is 5.41 Å². The molecule has 10 heavy (non-hydrogen) atoms. The summed E-state index contributed by atoms with van der Waals surface area (Å²) in [5.41, 5.74) is -0.409. The quantitative estimate of drug-likeness (QED) is 0.539. The van der Waals surface area contributed by atoms with Crippen LogP contribution in [0.5, 0.6) is 0 Å². The number of allylic oxidation sites excluding steroid dienone is 1. The summed E-state index contributed by atoms with van der Waals surface area (Å²) in [6.07, 6.45) is -2.40. The van der Waals surface area contributed by atoms with Crippen molar-refractivity contribution in [1.82, 2.24) is 0 Å². The van der Waals surface area contributed by atoms with E-state index in [0.29, 0.717) is 0 Å². The van der Waals surface area contributed by atoms with Crippen molar-refractivity contribution in [1.29, 1.82) is 0 Å². The van der Waals surface area contributed by atoms with Crippen LogP contribution in [0.15, 0.2) is 11.9 Å². The molecule has 0 aromatic heterocycles. The molecule has 0 unspecified atom stereocenters. The minimum absolute atomic E-state index is 0.199. The Bertz CT molecular complexity index is 137. The van der Waals surface area contributed by atoms with Crippen molar-refractivity contribution in [2.45, 2.75) is 27.2 Å². The standard InChI is InChI=1S/C7H11F3/c1-7(2,3)4-5(8)6(9)10/h4H2,1-3H3. The van der Waals surface area contributed by atoms with Crippen molar-refractivity contribution in [3.8, 4) is 0 Å². The fourth-order valence-electron chi connectivity index (χ4n) is 0.532. The van der Waals surface area contributed by atoms with Crippen molar-refractivity contribution < 1.29 is 13.2 Å². The fraction of sp³-hybridized carbons (Fsp3) is 0.714. The van der Waals surface area contributed by atoms with Gasteiger partial charge in [-0.1, -0.05) is 20.8 Å². The third-order valence-electron chi connectivity index (χ3n) is 0.891. The Morgan fingerprint density at radius 1 is 1.10 bits per heavy atom. The molecular weight excluding hydrogens is 141 g/mol. The molecule has 0 aliphatic carbocycles. The summed E-state index contributed by atoms with van der Waals surface area (Å²) in [7, 11) is 0. The molecular formula is C7H11F3. The molecule has 0 nitrogen and oxygen atoms in total. The van der Waals surface area contributed by atoms with E-state index in [1.54, 1.807) is 20.8 Å². The van der Waals surface area contributed by atoms with Gasteiger partial charge in [0.25, 0.3) is 0 Å². The Labute approximate surface area is 58.7 Å². The first kappa shape index (κ1) is 9.53. The second-order valence-corrected chi connectivity index (χ2v) is 3.40. The van der Waals surface area contributed by atoms with E-state index >= 15 is 0 Å². The molecule has 0 aliphatic rings. The molecule has 0 rings (SSSR count). The van der Waals surface area contributed by atoms with E-state index < -0.39 is 17.3 Å². The van der Waals surface area contributed by atoms with Gasteiger partial charge in [-0.05, 0) is 5.41 Å². The van der Waals surface area contributed by atoms with E-state index in [9.17, 15) is 13.2 Å². The first-order chi connectivity index (χ1) is 4.33. The summed E-state index contributed by atoms with van der Waals surface area (Å²) < 4.78 is 35.1. The molecule has 0 fully saturated rings. The first-order valence-corrected chi connectivity index (χ1v) is 3.02. The highest BCUT2D eigenvalue weighted by molar-refractivity contribution is 4.94. The number of rotatable bonds is 1. The van der Waals surface area contributed by atoms with Crippen LogP contribution in [0.3, 0.4) is 0 Å². The number of hydrogen-bond donors (Lipinski definition) is 0. The van der Waals surface area contributed by atoms with E-state index in [4.69, 9.17) is 0 Å². The van der Waals surface area contributed by atoms with Gasteiger partial charge in [0.2, 0.25) is 0 Å². The molecule has 3 heteroatoms. The lowest BCUT2D eigenvalue weighted by molar-refractivity contribution is 0.317. The zero-order valence-corrected chi connectivity index (χ0v) is 6.34. The molecule has 0 aromatic rings. The molecule has 0 radical (unpaired) electrons. The highest BCUT2D eigenvalue weighted by Crippen LogP contribution is 2.27. The van der Waals surface area contributed by atoms with Gasteiger partial charge in [0.1, 0.15) is 0 Å². The maximum atomic E-state index is 12.2. The lowest BCUT2D eigenvalue weighted by Gasteiger charge is -2.15. The predicted molar refractivity (Wildman–Crippen MR) is 34.4 cm³/mol. The molecule has 0 saturated heterocycles. The smallest absolute Gasteiger partial charge is 0.206 e. The van der Waals surface area contributed by atoms with E-state index in [0.717, 1.165) is 0 Å². The fourth-order valence-corrected chi connectivity index (χ4v) is 0.532. The van der Waals surface area contributed by atoms with Gasteiger partial charge >= 0.3 is 6.08 Å². The van der Waals surface area contributed by atoms with E-state index in [1.165, 1.54) is 0 Å². The van der Waals surface area contributed by atoms with E-state index in [-0.39, 0.29) is 6.42 Å². The Morgan fingerprint density at radius 3 is 1.60 bits per heavy atom. The highest BCUT2D eigenvalue weighted by Gasteiger charge is 2.16. The van der Waals surface area contributed by atoms with Gasteiger partial charge in [0.15, 0.2) is 5.83 Å². The minimum Gasteiger partial charge on any atom is -0.206 e. The molecule has 0 N–H and O–H groups in total. The first-order valence-electron chi connectivity index (χ1n) is 3.02. The van der Waals surface area contributed by atoms with Crippen molar-refractivity contribution in [3.63, 3.8) is 0 Å². The Hall–Kier alpha value is -0.470. The summed E-state index contributed by atoms with van der Waals surface area (Å²) in [6, 6.07) is 0. The van der Waals surface area contributed by atoms with Crippen LogP contribution >= 0.6 is 0 Å². The van der Waals surface area contributed by atoms with Gasteiger partial charge in [-0.25, -0.2) is 4.39 Å². The molecule has 0 aromatic carbocycles. The maximum Gasteiger partial charge on any atom is 0.301 e. The lowest BCUT2D eigenvalue weighted by atomic mass is 9.92. The van der Waals surface area contributed by atoms with Gasteiger partial charge in [-0.15, -0.1) is 0 Å². The van der Waals surface area contributed by atoms with Crippen LogP contribution in [0.2, 0.25) is 0 Å². The summed E-state index contributed by atoms with van der Waals surface area (Å²) in [5.74, 6) is -1.30. The van der Waals surface area contributed by atoms with Crippen molar-refractivity contribution >= 4 is 0 Å². The minimum atomic E-state index is -2.20. The average molecular weight is 152 g/mol. The SMILES string of the molecule is CC(C)(C)CC(F)=C(F)F. The zero-order chi connectivity index (χ0) is 8.36. The van der Waals surface area contributed by atoms with E-state index in [1.807, 2.05) is 0 Å². The molecule has 0 amide bonds. The van der Waals surface area contributed by atoms with Gasteiger partial charge in [0, 0.05) is 6.42 Å². The van der Waals surface area contributed by atoms with Crippen LogP contribution in [0.1, 0.15) is 27.2 Å². The summed E-state index contributed by atoms with van der Waals surface area (Å²) in [5, 5.41) is 0. The molecule has 0 saturated carbocycles. The van der Waals surface area contributed by atoms with Gasteiger partial charge in [-0.3, -0.25) is 0 Å². The normalized spacial score (nSPS) is 11.4. The molecule has 0 atom stereocenters. The third kappa shape index (κ3) is 4.41. The zero-order valence-electron chi connectivity index (χ0n) is 6.34. The predicted octanol–water partition coefficient (Wildman–Crippen LogP) is 3.50. The lowest BCUT2D eigenvalue weighted by Crippen LogP contribution is -2.04. The van der Waals surface area contributed by atoms with E-state index in [2.05, 4.69) is 0 Å². The maximum absolute atomic E-state index is 12.2. The average Bonchev–Trinajstić information content (AvgIpc) is 1.60. The Balaban J connectivity index is 4.06. The van der Waals surface area contributed by atoms with Crippen LogP contribution in [0.25, 0.3) is 0 Å². The largest absolute Gasteiger partial charge is 0.301 e. The molecule has 0 bridgehead atoms. The Kier molecular flexibility index (Phi) is 2.94. The Morgan fingerprint density at radius 2 is 1.50 bits per heavy atom. The molecule has 0 heterocycles. The number of hydrogen-bond acceptors (Lipinski definition) is 0. The monoisotopic (exact) mass is 152 g/mol. The van der Waals surface area contributed by atoms with Crippen molar-refractivity contribution in [3.05, 3.63) is 11.9 Å². The van der Waals surface area contributed by atoms with Gasteiger partial charge in [-0.2, -0.15) is 8.78 Å². The van der Waals surface area contributed by atoms with Crippen molar-refractivity contribution in [2.75, 3.05) is 0 Å². The second kappa shape index (κ2) is 3.08. The van der Waals surface area contributed by atoms with Gasteiger partial charge in [0.05, 0.1) is 0 Å². The number of halogens is 3. The second-order valence-electron chi connectivity index (χ2n) is 3.40. The third-order valence-corrected chi connectivity index (χ3v) is 0.891.